The predicted octanol–water partition coefficient (Wildman–Crippen LogP) is 3.37. The van der Waals surface area contributed by atoms with Crippen molar-refractivity contribution in [1.82, 2.24) is 4.90 Å². The third-order valence-corrected chi connectivity index (χ3v) is 3.62. The van der Waals surface area contributed by atoms with Gasteiger partial charge in [0.2, 0.25) is 0 Å². The monoisotopic (exact) mass is 217 g/mol. The van der Waals surface area contributed by atoms with Crippen LogP contribution in [-0.4, -0.2) is 30.4 Å². The zero-order valence-corrected chi connectivity index (χ0v) is 10.6. The Bertz CT molecular complexity index is 162. The molecule has 0 amide bonds. The Morgan fingerprint density at radius 3 is 2.50 bits per heavy atom. The van der Waals surface area contributed by atoms with Gasteiger partial charge in [-0.2, -0.15) is 0 Å². The van der Waals surface area contributed by atoms with Gasteiger partial charge in [0.25, 0.3) is 0 Å². The smallest absolute Gasteiger partial charge is 0.0351 e. The lowest BCUT2D eigenvalue weighted by molar-refractivity contribution is 0.210. The van der Waals surface area contributed by atoms with Crippen LogP contribution in [0.4, 0.5) is 0 Å². The molecule has 0 aliphatic carbocycles. The van der Waals surface area contributed by atoms with Gasteiger partial charge in [-0.15, -0.1) is 11.6 Å². The van der Waals surface area contributed by atoms with E-state index in [-0.39, 0.29) is 0 Å². The lowest BCUT2D eigenvalue weighted by atomic mass is 9.77. The number of likely N-dealkylation sites (tertiary alicyclic amines) is 1. The third kappa shape index (κ3) is 3.78. The number of nitrogens with zero attached hydrogens (tertiary/aromatic N) is 1. The average Bonchev–Trinajstić information content (AvgIpc) is 2.29. The van der Waals surface area contributed by atoms with Crippen LogP contribution in [-0.2, 0) is 0 Å². The summed E-state index contributed by atoms with van der Waals surface area (Å²) in [5.74, 6) is 1.67. The highest BCUT2D eigenvalue weighted by atomic mass is 35.5. The van der Waals surface area contributed by atoms with Crippen molar-refractivity contribution >= 4 is 11.6 Å². The first-order valence-electron chi connectivity index (χ1n) is 5.82. The molecule has 14 heavy (non-hydrogen) atoms. The Balaban J connectivity index is 2.41. The van der Waals surface area contributed by atoms with Crippen molar-refractivity contribution in [3.8, 4) is 0 Å². The summed E-state index contributed by atoms with van der Waals surface area (Å²) in [7, 11) is 0. The quantitative estimate of drug-likeness (QED) is 0.642. The maximum absolute atomic E-state index is 5.77. The number of alkyl halides is 1. The molecule has 2 heteroatoms. The lowest BCUT2D eigenvalue weighted by Crippen LogP contribution is -2.28. The Hall–Kier alpha value is 0.250. The van der Waals surface area contributed by atoms with Crippen LogP contribution in [0.2, 0.25) is 0 Å². The van der Waals surface area contributed by atoms with Crippen molar-refractivity contribution in [2.24, 2.45) is 11.3 Å². The standard InChI is InChI=1S/C12H24ClN/c1-12(2,3)11-5-4-8-14(9-6-11)10-7-13/h11H,4-10H2,1-3H3. The minimum atomic E-state index is 0.483. The fourth-order valence-electron chi connectivity index (χ4n) is 2.37. The van der Waals surface area contributed by atoms with E-state index in [0.717, 1.165) is 18.3 Å². The first-order chi connectivity index (χ1) is 6.54. The molecule has 0 N–H and O–H groups in total. The lowest BCUT2D eigenvalue weighted by Gasteiger charge is -2.29. The number of hydrogen-bond acceptors (Lipinski definition) is 1. The van der Waals surface area contributed by atoms with Gasteiger partial charge >= 0.3 is 0 Å². The number of rotatable bonds is 2. The molecule has 1 heterocycles. The maximum Gasteiger partial charge on any atom is 0.0351 e. The molecule has 0 spiro atoms. The van der Waals surface area contributed by atoms with Gasteiger partial charge in [0, 0.05) is 12.4 Å². The van der Waals surface area contributed by atoms with Gasteiger partial charge < -0.3 is 4.90 Å². The number of hydrogen-bond donors (Lipinski definition) is 0. The van der Waals surface area contributed by atoms with E-state index >= 15 is 0 Å². The molecular formula is C12H24ClN. The second-order valence-electron chi connectivity index (χ2n) is 5.52. The molecule has 84 valence electrons. The molecule has 1 aliphatic heterocycles. The molecule has 1 aliphatic rings. The summed E-state index contributed by atoms with van der Waals surface area (Å²) in [4.78, 5) is 2.51. The molecule has 0 aromatic heterocycles. The highest BCUT2D eigenvalue weighted by Gasteiger charge is 2.26. The van der Waals surface area contributed by atoms with Gasteiger partial charge in [-0.25, -0.2) is 0 Å². The van der Waals surface area contributed by atoms with E-state index in [2.05, 4.69) is 25.7 Å². The van der Waals surface area contributed by atoms with Crippen LogP contribution < -0.4 is 0 Å². The molecular weight excluding hydrogens is 194 g/mol. The van der Waals surface area contributed by atoms with Crippen LogP contribution in [0.1, 0.15) is 40.0 Å². The van der Waals surface area contributed by atoms with Gasteiger partial charge in [0.05, 0.1) is 0 Å². The molecule has 0 bridgehead atoms. The summed E-state index contributed by atoms with van der Waals surface area (Å²) in [6.45, 7) is 10.7. The van der Waals surface area contributed by atoms with E-state index in [1.807, 2.05) is 0 Å². The average molecular weight is 218 g/mol. The van der Waals surface area contributed by atoms with Crippen LogP contribution in [0.3, 0.4) is 0 Å². The van der Waals surface area contributed by atoms with Crippen molar-refractivity contribution in [3.63, 3.8) is 0 Å². The van der Waals surface area contributed by atoms with Gasteiger partial charge in [-0.1, -0.05) is 20.8 Å². The Labute approximate surface area is 93.8 Å². The molecule has 0 aromatic rings. The molecule has 1 atom stereocenters. The van der Waals surface area contributed by atoms with E-state index in [1.165, 1.54) is 32.4 Å². The Morgan fingerprint density at radius 1 is 1.21 bits per heavy atom. The van der Waals surface area contributed by atoms with Gasteiger partial charge in [-0.05, 0) is 43.7 Å². The summed E-state index contributed by atoms with van der Waals surface area (Å²) in [6.07, 6.45) is 4.08. The second kappa shape index (κ2) is 5.37. The first kappa shape index (κ1) is 12.3. The molecule has 1 saturated heterocycles. The van der Waals surface area contributed by atoms with E-state index in [9.17, 15) is 0 Å². The van der Waals surface area contributed by atoms with Crippen LogP contribution in [0.5, 0.6) is 0 Å². The minimum Gasteiger partial charge on any atom is -0.302 e. The van der Waals surface area contributed by atoms with Crippen molar-refractivity contribution < 1.29 is 0 Å². The third-order valence-electron chi connectivity index (χ3n) is 3.45. The SMILES string of the molecule is CC(C)(C)C1CCCN(CCCl)CC1. The molecule has 1 rings (SSSR count). The Kier molecular flexibility index (Phi) is 4.72. The summed E-state index contributed by atoms with van der Waals surface area (Å²) in [5, 5.41) is 0. The second-order valence-corrected chi connectivity index (χ2v) is 5.90. The molecule has 0 saturated carbocycles. The summed E-state index contributed by atoms with van der Waals surface area (Å²) in [5.41, 5.74) is 0.483. The number of halogens is 1. The maximum atomic E-state index is 5.77. The molecule has 0 radical (unpaired) electrons. The normalized spacial score (nSPS) is 26.1. The molecule has 1 fully saturated rings. The fraction of sp³-hybridized carbons (Fsp3) is 1.00. The largest absolute Gasteiger partial charge is 0.302 e. The highest BCUT2D eigenvalue weighted by molar-refractivity contribution is 6.18. The van der Waals surface area contributed by atoms with Crippen LogP contribution in [0, 0.1) is 11.3 Å². The van der Waals surface area contributed by atoms with Crippen LogP contribution in [0.25, 0.3) is 0 Å². The van der Waals surface area contributed by atoms with E-state index < -0.39 is 0 Å². The van der Waals surface area contributed by atoms with Crippen molar-refractivity contribution in [2.45, 2.75) is 40.0 Å². The van der Waals surface area contributed by atoms with Gasteiger partial charge in [-0.3, -0.25) is 0 Å². The first-order valence-corrected chi connectivity index (χ1v) is 6.36. The summed E-state index contributed by atoms with van der Waals surface area (Å²) >= 11 is 5.77. The summed E-state index contributed by atoms with van der Waals surface area (Å²) < 4.78 is 0. The summed E-state index contributed by atoms with van der Waals surface area (Å²) in [6, 6.07) is 0. The fourth-order valence-corrected chi connectivity index (χ4v) is 2.60. The van der Waals surface area contributed by atoms with Crippen molar-refractivity contribution in [2.75, 3.05) is 25.5 Å². The van der Waals surface area contributed by atoms with E-state index in [1.54, 1.807) is 0 Å². The predicted molar refractivity (Wildman–Crippen MR) is 64.0 cm³/mol. The minimum absolute atomic E-state index is 0.483. The van der Waals surface area contributed by atoms with E-state index in [0.29, 0.717) is 5.41 Å². The van der Waals surface area contributed by atoms with Crippen molar-refractivity contribution in [1.29, 1.82) is 0 Å². The zero-order valence-electron chi connectivity index (χ0n) is 9.85. The topological polar surface area (TPSA) is 3.24 Å². The molecule has 0 aromatic carbocycles. The zero-order chi connectivity index (χ0) is 10.6. The highest BCUT2D eigenvalue weighted by Crippen LogP contribution is 2.34. The van der Waals surface area contributed by atoms with Crippen LogP contribution in [0.15, 0.2) is 0 Å². The van der Waals surface area contributed by atoms with Crippen molar-refractivity contribution in [3.05, 3.63) is 0 Å². The molecule has 1 unspecified atom stereocenters. The van der Waals surface area contributed by atoms with Gasteiger partial charge in [0.1, 0.15) is 0 Å². The van der Waals surface area contributed by atoms with E-state index in [4.69, 9.17) is 11.6 Å². The Morgan fingerprint density at radius 2 is 1.93 bits per heavy atom. The van der Waals surface area contributed by atoms with Gasteiger partial charge in [0.15, 0.2) is 0 Å². The van der Waals surface area contributed by atoms with Crippen LogP contribution >= 0.6 is 11.6 Å². The molecule has 1 nitrogen and oxygen atoms in total.